The van der Waals surface area contributed by atoms with Gasteiger partial charge in [0.2, 0.25) is 0 Å². The summed E-state index contributed by atoms with van der Waals surface area (Å²) in [6.45, 7) is 7.58. The van der Waals surface area contributed by atoms with E-state index in [0.29, 0.717) is 19.6 Å². The van der Waals surface area contributed by atoms with Crippen molar-refractivity contribution in [3.63, 3.8) is 0 Å². The van der Waals surface area contributed by atoms with Crippen molar-refractivity contribution in [3.05, 3.63) is 81.1 Å². The van der Waals surface area contributed by atoms with Crippen LogP contribution >= 0.6 is 0 Å². The van der Waals surface area contributed by atoms with Crippen molar-refractivity contribution < 1.29 is 4.79 Å². The highest BCUT2D eigenvalue weighted by molar-refractivity contribution is 5.94. The zero-order valence-electron chi connectivity index (χ0n) is 16.4. The van der Waals surface area contributed by atoms with Crippen LogP contribution < -0.4 is 5.56 Å². The third-order valence-corrected chi connectivity index (χ3v) is 5.64. The molecular weight excluding hydrogens is 350 g/mol. The van der Waals surface area contributed by atoms with E-state index in [1.807, 2.05) is 60.4 Å². The molecule has 0 bridgehead atoms. The monoisotopic (exact) mass is 375 g/mol. The first-order valence-electron chi connectivity index (χ1n) is 9.71. The van der Waals surface area contributed by atoms with E-state index >= 15 is 0 Å². The number of benzene rings is 2. The second kappa shape index (κ2) is 7.60. The Labute approximate surface area is 164 Å². The number of fused-ring (bicyclic) bond motifs is 1. The summed E-state index contributed by atoms with van der Waals surface area (Å²) >= 11 is 0. The number of pyridine rings is 1. The number of aromatic nitrogens is 1. The average Bonchev–Trinajstić information content (AvgIpc) is 2.70. The lowest BCUT2D eigenvalue weighted by Crippen LogP contribution is -2.48. The summed E-state index contributed by atoms with van der Waals surface area (Å²) in [5.41, 5.74) is 4.68. The first-order valence-corrected chi connectivity index (χ1v) is 9.71. The second-order valence-corrected chi connectivity index (χ2v) is 7.58. The van der Waals surface area contributed by atoms with Crippen molar-refractivity contribution in [2.24, 2.45) is 0 Å². The number of aryl methyl sites for hydroxylation is 2. The Morgan fingerprint density at radius 2 is 1.71 bits per heavy atom. The van der Waals surface area contributed by atoms with E-state index < -0.39 is 0 Å². The molecule has 1 aliphatic heterocycles. The largest absolute Gasteiger partial charge is 0.336 e. The highest BCUT2D eigenvalue weighted by atomic mass is 16.2. The maximum atomic E-state index is 12.8. The third-order valence-electron chi connectivity index (χ3n) is 5.64. The second-order valence-electron chi connectivity index (χ2n) is 7.58. The fraction of sp³-hybridized carbons (Fsp3) is 0.304. The summed E-state index contributed by atoms with van der Waals surface area (Å²) in [4.78, 5) is 32.3. The van der Waals surface area contributed by atoms with E-state index in [2.05, 4.69) is 16.8 Å². The summed E-state index contributed by atoms with van der Waals surface area (Å²) in [5.74, 6) is 0.0892. The quantitative estimate of drug-likeness (QED) is 0.765. The fourth-order valence-corrected chi connectivity index (χ4v) is 3.72. The number of amides is 1. The molecule has 1 saturated heterocycles. The Hall–Kier alpha value is -2.92. The lowest BCUT2D eigenvalue weighted by atomic mass is 10.1. The number of nitrogens with zero attached hydrogens (tertiary/aromatic N) is 2. The predicted octanol–water partition coefficient (Wildman–Crippen LogP) is 3.10. The highest BCUT2D eigenvalue weighted by Crippen LogP contribution is 2.15. The number of hydrogen-bond acceptors (Lipinski definition) is 3. The summed E-state index contributed by atoms with van der Waals surface area (Å²) in [5, 5.41) is 1.04. The topological polar surface area (TPSA) is 56.4 Å². The number of aromatic amines is 1. The van der Waals surface area contributed by atoms with Crippen LogP contribution in [0.15, 0.2) is 53.3 Å². The van der Waals surface area contributed by atoms with Crippen molar-refractivity contribution in [3.8, 4) is 0 Å². The van der Waals surface area contributed by atoms with Crippen LogP contribution in [-0.2, 0) is 6.54 Å². The van der Waals surface area contributed by atoms with E-state index in [9.17, 15) is 9.59 Å². The van der Waals surface area contributed by atoms with Gasteiger partial charge in [-0.1, -0.05) is 24.3 Å². The van der Waals surface area contributed by atoms with Crippen LogP contribution in [0.1, 0.15) is 27.0 Å². The molecule has 2 heterocycles. The number of nitrogens with one attached hydrogen (secondary N) is 1. The van der Waals surface area contributed by atoms with Gasteiger partial charge in [-0.15, -0.1) is 0 Å². The van der Waals surface area contributed by atoms with Crippen molar-refractivity contribution in [1.82, 2.24) is 14.8 Å². The van der Waals surface area contributed by atoms with Gasteiger partial charge in [0.15, 0.2) is 0 Å². The van der Waals surface area contributed by atoms with E-state index in [1.54, 1.807) is 0 Å². The molecule has 1 amide bonds. The molecule has 1 N–H and O–H groups in total. The van der Waals surface area contributed by atoms with Crippen LogP contribution in [0.2, 0.25) is 0 Å². The molecule has 0 radical (unpaired) electrons. The standard InChI is InChI=1S/C23H25N3O2/c1-16-7-8-19(13-17(16)2)23(28)26-11-9-25(10-12-26)15-20-14-18-5-3-4-6-21(18)24-22(20)27/h3-8,13-14H,9-12,15H2,1-2H3,(H,24,27). The summed E-state index contributed by atoms with van der Waals surface area (Å²) in [7, 11) is 0. The van der Waals surface area contributed by atoms with Gasteiger partial charge >= 0.3 is 0 Å². The number of H-pyrrole nitrogens is 1. The molecular formula is C23H25N3O2. The van der Waals surface area contributed by atoms with Gasteiger partial charge in [-0.25, -0.2) is 0 Å². The number of rotatable bonds is 3. The minimum absolute atomic E-state index is 0.0349. The lowest BCUT2D eigenvalue weighted by Gasteiger charge is -2.34. The number of carbonyl (C=O) groups excluding carboxylic acids is 1. The molecule has 144 valence electrons. The van der Waals surface area contributed by atoms with Crippen LogP contribution in [0.25, 0.3) is 10.9 Å². The SMILES string of the molecule is Cc1ccc(C(=O)N2CCN(Cc3cc4ccccc4[nH]c3=O)CC2)cc1C. The van der Waals surface area contributed by atoms with Crippen molar-refractivity contribution in [2.45, 2.75) is 20.4 Å². The molecule has 0 saturated carbocycles. The first kappa shape index (κ1) is 18.4. The van der Waals surface area contributed by atoms with E-state index in [1.165, 1.54) is 5.56 Å². The van der Waals surface area contributed by atoms with Crippen molar-refractivity contribution in [2.75, 3.05) is 26.2 Å². The van der Waals surface area contributed by atoms with Crippen LogP contribution in [0.3, 0.4) is 0 Å². The van der Waals surface area contributed by atoms with Gasteiger partial charge in [-0.05, 0) is 54.6 Å². The van der Waals surface area contributed by atoms with E-state index in [0.717, 1.165) is 40.7 Å². The van der Waals surface area contributed by atoms with Crippen LogP contribution in [0, 0.1) is 13.8 Å². The minimum atomic E-state index is -0.0349. The van der Waals surface area contributed by atoms with E-state index in [-0.39, 0.29) is 11.5 Å². The van der Waals surface area contributed by atoms with Crippen LogP contribution in [0.4, 0.5) is 0 Å². The van der Waals surface area contributed by atoms with Gasteiger partial charge in [0.05, 0.1) is 0 Å². The average molecular weight is 375 g/mol. The molecule has 28 heavy (non-hydrogen) atoms. The maximum absolute atomic E-state index is 12.8. The number of para-hydroxylation sites is 1. The Morgan fingerprint density at radius 1 is 0.964 bits per heavy atom. The van der Waals surface area contributed by atoms with Gasteiger partial charge in [-0.2, -0.15) is 0 Å². The highest BCUT2D eigenvalue weighted by Gasteiger charge is 2.23. The molecule has 2 aromatic carbocycles. The Bertz CT molecular complexity index is 1080. The van der Waals surface area contributed by atoms with Gasteiger partial charge in [0.1, 0.15) is 0 Å². The molecule has 0 unspecified atom stereocenters. The molecule has 0 atom stereocenters. The first-order chi connectivity index (χ1) is 13.5. The lowest BCUT2D eigenvalue weighted by molar-refractivity contribution is 0.0628. The molecule has 5 heteroatoms. The molecule has 1 fully saturated rings. The molecule has 5 nitrogen and oxygen atoms in total. The van der Waals surface area contributed by atoms with Crippen molar-refractivity contribution in [1.29, 1.82) is 0 Å². The van der Waals surface area contributed by atoms with E-state index in [4.69, 9.17) is 0 Å². The molecule has 1 aromatic heterocycles. The number of piperazine rings is 1. The van der Waals surface area contributed by atoms with Crippen molar-refractivity contribution >= 4 is 16.8 Å². The normalized spacial score (nSPS) is 15.1. The van der Waals surface area contributed by atoms with Gasteiger partial charge < -0.3 is 9.88 Å². The molecule has 0 spiro atoms. The van der Waals surface area contributed by atoms with Gasteiger partial charge in [-0.3, -0.25) is 14.5 Å². The maximum Gasteiger partial charge on any atom is 0.253 e. The fourth-order valence-electron chi connectivity index (χ4n) is 3.72. The molecule has 3 aromatic rings. The van der Waals surface area contributed by atoms with Crippen LogP contribution in [-0.4, -0.2) is 46.9 Å². The Kier molecular flexibility index (Phi) is 5.01. The third kappa shape index (κ3) is 3.71. The predicted molar refractivity (Wildman–Crippen MR) is 112 cm³/mol. The zero-order chi connectivity index (χ0) is 19.7. The zero-order valence-corrected chi connectivity index (χ0v) is 16.4. The van der Waals surface area contributed by atoms with Gasteiger partial charge in [0, 0.05) is 49.4 Å². The summed E-state index contributed by atoms with van der Waals surface area (Å²) in [6, 6.07) is 15.7. The Balaban J connectivity index is 1.41. The minimum Gasteiger partial charge on any atom is -0.336 e. The molecule has 4 rings (SSSR count). The molecule has 1 aliphatic rings. The summed E-state index contributed by atoms with van der Waals surface area (Å²) in [6.07, 6.45) is 0. The molecule has 0 aliphatic carbocycles. The summed E-state index contributed by atoms with van der Waals surface area (Å²) < 4.78 is 0. The Morgan fingerprint density at radius 3 is 2.46 bits per heavy atom. The number of hydrogen-bond donors (Lipinski definition) is 1. The van der Waals surface area contributed by atoms with Crippen LogP contribution in [0.5, 0.6) is 0 Å². The van der Waals surface area contributed by atoms with Gasteiger partial charge in [0.25, 0.3) is 11.5 Å². The smallest absolute Gasteiger partial charge is 0.253 e. The number of carbonyl (C=O) groups is 1.